The summed E-state index contributed by atoms with van der Waals surface area (Å²) in [5.74, 6) is 0.689. The molecule has 0 bridgehead atoms. The van der Waals surface area contributed by atoms with Crippen LogP contribution in [-0.2, 0) is 13.0 Å². The lowest BCUT2D eigenvalue weighted by Gasteiger charge is -2.30. The molecular formula is C33H25FN2O3S2. The molecule has 0 unspecified atom stereocenters. The SMILES string of the molecule is COc1cc(/C=c2/sc3n(c2=O)[C@@H](c2cccs2)C2=C(N=3)c3ccccc3CC2)ccc1OCc1ccccc1F. The van der Waals surface area contributed by atoms with Gasteiger partial charge in [0.1, 0.15) is 12.4 Å². The molecule has 8 heteroatoms. The zero-order valence-electron chi connectivity index (χ0n) is 22.2. The van der Waals surface area contributed by atoms with E-state index in [2.05, 4.69) is 35.7 Å². The van der Waals surface area contributed by atoms with E-state index < -0.39 is 0 Å². The van der Waals surface area contributed by atoms with Crippen molar-refractivity contribution in [2.24, 2.45) is 4.99 Å². The zero-order valence-corrected chi connectivity index (χ0v) is 23.8. The summed E-state index contributed by atoms with van der Waals surface area (Å²) in [6.07, 6.45) is 3.67. The van der Waals surface area contributed by atoms with Crippen molar-refractivity contribution in [2.45, 2.75) is 25.5 Å². The Morgan fingerprint density at radius 1 is 1.02 bits per heavy atom. The van der Waals surface area contributed by atoms with Crippen LogP contribution in [0.2, 0.25) is 0 Å². The van der Waals surface area contributed by atoms with E-state index in [4.69, 9.17) is 14.5 Å². The molecule has 5 nitrogen and oxygen atoms in total. The molecule has 204 valence electrons. The lowest BCUT2D eigenvalue weighted by atomic mass is 9.85. The number of thiophene rings is 1. The first-order chi connectivity index (χ1) is 20.1. The van der Waals surface area contributed by atoms with Crippen molar-refractivity contribution >= 4 is 34.4 Å². The van der Waals surface area contributed by atoms with E-state index in [0.717, 1.165) is 34.5 Å². The molecule has 0 spiro atoms. The molecule has 0 saturated heterocycles. The van der Waals surface area contributed by atoms with Crippen LogP contribution in [0.25, 0.3) is 11.8 Å². The van der Waals surface area contributed by atoms with Crippen LogP contribution in [0.4, 0.5) is 4.39 Å². The highest BCUT2D eigenvalue weighted by Crippen LogP contribution is 2.42. The van der Waals surface area contributed by atoms with Crippen LogP contribution in [0.15, 0.2) is 99.6 Å². The maximum Gasteiger partial charge on any atom is 0.271 e. The largest absolute Gasteiger partial charge is 0.493 e. The van der Waals surface area contributed by atoms with Crippen LogP contribution in [0.1, 0.15) is 39.6 Å². The van der Waals surface area contributed by atoms with E-state index >= 15 is 0 Å². The van der Waals surface area contributed by atoms with Crippen LogP contribution >= 0.6 is 22.7 Å². The summed E-state index contributed by atoms with van der Waals surface area (Å²) in [5, 5.41) is 2.06. The van der Waals surface area contributed by atoms with Crippen LogP contribution in [0.5, 0.6) is 11.5 Å². The summed E-state index contributed by atoms with van der Waals surface area (Å²) in [6.45, 7) is 0.0808. The van der Waals surface area contributed by atoms with E-state index in [1.54, 1.807) is 42.7 Å². The summed E-state index contributed by atoms with van der Waals surface area (Å²) in [4.78, 5) is 20.8. The summed E-state index contributed by atoms with van der Waals surface area (Å²) in [5.41, 5.74) is 5.85. The van der Waals surface area contributed by atoms with Crippen molar-refractivity contribution in [2.75, 3.05) is 7.11 Å². The van der Waals surface area contributed by atoms with Crippen molar-refractivity contribution in [3.63, 3.8) is 0 Å². The van der Waals surface area contributed by atoms with Gasteiger partial charge in [-0.25, -0.2) is 9.38 Å². The second-order valence-corrected chi connectivity index (χ2v) is 11.9. The number of allylic oxidation sites excluding steroid dienone is 1. The number of fused-ring (bicyclic) bond motifs is 3. The fourth-order valence-corrected chi connectivity index (χ4v) is 7.38. The molecule has 2 aromatic heterocycles. The number of methoxy groups -OCH3 is 1. The molecule has 3 aromatic carbocycles. The monoisotopic (exact) mass is 580 g/mol. The number of hydrogen-bond donors (Lipinski definition) is 0. The maximum absolute atomic E-state index is 14.0. The van der Waals surface area contributed by atoms with Gasteiger partial charge in [-0.15, -0.1) is 11.3 Å². The first-order valence-electron chi connectivity index (χ1n) is 13.3. The Hall–Kier alpha value is -4.27. The van der Waals surface area contributed by atoms with Crippen LogP contribution in [-0.4, -0.2) is 11.7 Å². The molecular weight excluding hydrogens is 556 g/mol. The molecule has 41 heavy (non-hydrogen) atoms. The van der Waals surface area contributed by atoms with Gasteiger partial charge in [-0.1, -0.05) is 65.9 Å². The number of hydrogen-bond acceptors (Lipinski definition) is 6. The van der Waals surface area contributed by atoms with Crippen LogP contribution < -0.4 is 24.4 Å². The molecule has 3 heterocycles. The fraction of sp³-hybridized carbons (Fsp3) is 0.152. The quantitative estimate of drug-likeness (QED) is 0.244. The van der Waals surface area contributed by atoms with Gasteiger partial charge in [-0.3, -0.25) is 9.36 Å². The molecule has 1 aliphatic heterocycles. The Morgan fingerprint density at radius 2 is 1.88 bits per heavy atom. The van der Waals surface area contributed by atoms with Gasteiger partial charge in [-0.05, 0) is 65.3 Å². The number of benzene rings is 3. The average Bonchev–Trinajstić information content (AvgIpc) is 3.64. The molecule has 0 fully saturated rings. The van der Waals surface area contributed by atoms with E-state index in [-0.39, 0.29) is 24.0 Å². The Labute approximate surface area is 243 Å². The third-order valence-corrected chi connectivity index (χ3v) is 9.42. The number of rotatable bonds is 6. The van der Waals surface area contributed by atoms with Crippen molar-refractivity contribution in [3.05, 3.63) is 142 Å². The first kappa shape index (κ1) is 25.7. The summed E-state index contributed by atoms with van der Waals surface area (Å²) >= 11 is 3.07. The van der Waals surface area contributed by atoms with E-state index in [1.165, 1.54) is 28.5 Å². The molecule has 0 amide bonds. The number of nitrogens with zero attached hydrogens (tertiary/aromatic N) is 2. The predicted octanol–water partition coefficient (Wildman–Crippen LogP) is 6.11. The molecule has 1 atom stereocenters. The standard InChI is InChI=1S/C33H25FN2O3S2/c1-38-27-17-20(12-15-26(27)39-19-22-8-3-5-10-25(22)34)18-29-32(37)36-31(28-11-6-16-40-28)24-14-13-21-7-2-4-9-23(21)30(24)35-33(36)41-29/h2-12,15-18,31H,13-14,19H2,1H3/b29-18+/t31-/m1/s1. The Kier molecular flexibility index (Phi) is 6.65. The van der Waals surface area contributed by atoms with Crippen LogP contribution in [0, 0.1) is 5.82 Å². The van der Waals surface area contributed by atoms with Gasteiger partial charge in [0, 0.05) is 16.0 Å². The smallest absolute Gasteiger partial charge is 0.271 e. The average molecular weight is 581 g/mol. The van der Waals surface area contributed by atoms with Crippen molar-refractivity contribution in [1.29, 1.82) is 0 Å². The maximum atomic E-state index is 14.0. The number of aryl methyl sites for hydroxylation is 1. The zero-order chi connectivity index (χ0) is 27.9. The topological polar surface area (TPSA) is 52.8 Å². The minimum atomic E-state index is -0.315. The van der Waals surface area contributed by atoms with Gasteiger partial charge < -0.3 is 9.47 Å². The van der Waals surface area contributed by atoms with E-state index in [1.807, 2.05) is 28.8 Å². The Bertz CT molecular complexity index is 1990. The fourth-order valence-electron chi connectivity index (χ4n) is 5.53. The van der Waals surface area contributed by atoms with Gasteiger partial charge in [-0.2, -0.15) is 0 Å². The van der Waals surface area contributed by atoms with Crippen LogP contribution in [0.3, 0.4) is 0 Å². The van der Waals surface area contributed by atoms with Crippen molar-refractivity contribution in [1.82, 2.24) is 4.57 Å². The van der Waals surface area contributed by atoms with E-state index in [0.29, 0.717) is 26.4 Å². The molecule has 2 aliphatic rings. The Balaban J connectivity index is 1.29. The number of thiazole rings is 1. The molecule has 1 aliphatic carbocycles. The summed E-state index contributed by atoms with van der Waals surface area (Å²) < 4.78 is 27.9. The molecule has 0 N–H and O–H groups in total. The van der Waals surface area contributed by atoms with Gasteiger partial charge in [0.15, 0.2) is 16.3 Å². The normalized spacial score (nSPS) is 16.0. The lowest BCUT2D eigenvalue weighted by molar-refractivity contribution is 0.279. The minimum Gasteiger partial charge on any atom is -0.493 e. The number of ether oxygens (including phenoxy) is 2. The minimum absolute atomic E-state index is 0.0589. The van der Waals surface area contributed by atoms with E-state index in [9.17, 15) is 9.18 Å². The third kappa shape index (κ3) is 4.63. The van der Waals surface area contributed by atoms with Gasteiger partial charge >= 0.3 is 0 Å². The first-order valence-corrected chi connectivity index (χ1v) is 15.0. The molecule has 7 rings (SSSR count). The van der Waals surface area contributed by atoms with Gasteiger partial charge in [0.2, 0.25) is 0 Å². The van der Waals surface area contributed by atoms with Crippen molar-refractivity contribution in [3.8, 4) is 11.5 Å². The van der Waals surface area contributed by atoms with Gasteiger partial charge in [0.25, 0.3) is 5.56 Å². The molecule has 0 saturated carbocycles. The number of aromatic nitrogens is 1. The summed E-state index contributed by atoms with van der Waals surface area (Å²) in [7, 11) is 1.56. The second-order valence-electron chi connectivity index (χ2n) is 9.92. The van der Waals surface area contributed by atoms with Crippen molar-refractivity contribution < 1.29 is 13.9 Å². The lowest BCUT2D eigenvalue weighted by Crippen LogP contribution is -2.38. The number of halogens is 1. The molecule has 0 radical (unpaired) electrons. The Morgan fingerprint density at radius 3 is 2.71 bits per heavy atom. The highest BCUT2D eigenvalue weighted by Gasteiger charge is 2.33. The second kappa shape index (κ2) is 10.6. The highest BCUT2D eigenvalue weighted by molar-refractivity contribution is 7.10. The molecule has 5 aromatic rings. The highest BCUT2D eigenvalue weighted by atomic mass is 32.1. The third-order valence-electron chi connectivity index (χ3n) is 7.51. The predicted molar refractivity (Wildman–Crippen MR) is 161 cm³/mol. The van der Waals surface area contributed by atoms with Gasteiger partial charge in [0.05, 0.1) is 23.4 Å². The summed E-state index contributed by atoms with van der Waals surface area (Å²) in [6, 6.07) is 24.4.